The lowest BCUT2D eigenvalue weighted by Crippen LogP contribution is -2.40. The van der Waals surface area contributed by atoms with Crippen molar-refractivity contribution >= 4 is 15.7 Å². The maximum atomic E-state index is 13.9. The van der Waals surface area contributed by atoms with E-state index < -0.39 is 32.2 Å². The van der Waals surface area contributed by atoms with Gasteiger partial charge in [0.2, 0.25) is 10.0 Å². The Labute approximate surface area is 123 Å². The van der Waals surface area contributed by atoms with Gasteiger partial charge in [-0.1, -0.05) is 20.3 Å². The lowest BCUT2D eigenvalue weighted by atomic mass is 9.75. The first-order valence-electron chi connectivity index (χ1n) is 6.88. The fraction of sp³-hybridized carbons (Fsp3) is 0.571. The molecule has 0 amide bonds. The van der Waals surface area contributed by atoms with Crippen LogP contribution in [0.25, 0.3) is 0 Å². The standard InChI is InChI=1S/C14H20F2N2O2S/c1-14(2)7-3-4-9(8-14)18-21(19,20)11-6-5-10(15)13(17)12(11)16/h5-6,9,18H,3-4,7-8,17H2,1-2H3. The summed E-state index contributed by atoms with van der Waals surface area (Å²) in [5.41, 5.74) is 4.48. The van der Waals surface area contributed by atoms with Gasteiger partial charge < -0.3 is 5.73 Å². The van der Waals surface area contributed by atoms with Gasteiger partial charge in [0.1, 0.15) is 16.4 Å². The molecule has 4 nitrogen and oxygen atoms in total. The maximum Gasteiger partial charge on any atom is 0.243 e. The van der Waals surface area contributed by atoms with Crippen LogP contribution in [0, 0.1) is 17.0 Å². The second kappa shape index (κ2) is 5.53. The molecule has 1 unspecified atom stereocenters. The van der Waals surface area contributed by atoms with E-state index in [0.717, 1.165) is 25.0 Å². The minimum atomic E-state index is -4.05. The topological polar surface area (TPSA) is 72.2 Å². The molecule has 1 aliphatic rings. The quantitative estimate of drug-likeness (QED) is 0.842. The van der Waals surface area contributed by atoms with Crippen LogP contribution in [0.3, 0.4) is 0 Å². The summed E-state index contributed by atoms with van der Waals surface area (Å²) in [6.45, 7) is 4.15. The summed E-state index contributed by atoms with van der Waals surface area (Å²) in [7, 11) is -4.05. The Morgan fingerprint density at radius 2 is 2.00 bits per heavy atom. The van der Waals surface area contributed by atoms with Crippen LogP contribution < -0.4 is 10.5 Å². The van der Waals surface area contributed by atoms with E-state index in [1.807, 2.05) is 0 Å². The second-order valence-electron chi connectivity index (χ2n) is 6.35. The maximum absolute atomic E-state index is 13.9. The van der Waals surface area contributed by atoms with E-state index in [-0.39, 0.29) is 11.5 Å². The van der Waals surface area contributed by atoms with Gasteiger partial charge in [0.25, 0.3) is 0 Å². The minimum absolute atomic E-state index is 0.0474. The van der Waals surface area contributed by atoms with Crippen molar-refractivity contribution in [2.75, 3.05) is 5.73 Å². The van der Waals surface area contributed by atoms with Gasteiger partial charge in [-0.05, 0) is 36.8 Å². The first-order chi connectivity index (χ1) is 9.62. The van der Waals surface area contributed by atoms with Crippen LogP contribution in [0.2, 0.25) is 0 Å². The molecule has 0 bridgehead atoms. The van der Waals surface area contributed by atoms with Gasteiger partial charge in [-0.2, -0.15) is 0 Å². The van der Waals surface area contributed by atoms with Crippen molar-refractivity contribution in [3.05, 3.63) is 23.8 Å². The summed E-state index contributed by atoms with van der Waals surface area (Å²) in [6, 6.07) is 1.51. The molecular weight excluding hydrogens is 298 g/mol. The molecule has 1 aromatic carbocycles. The third-order valence-corrected chi connectivity index (χ3v) is 5.45. The van der Waals surface area contributed by atoms with Crippen LogP contribution in [-0.4, -0.2) is 14.5 Å². The van der Waals surface area contributed by atoms with Crippen molar-refractivity contribution < 1.29 is 17.2 Å². The van der Waals surface area contributed by atoms with Gasteiger partial charge >= 0.3 is 0 Å². The van der Waals surface area contributed by atoms with Crippen LogP contribution >= 0.6 is 0 Å². The highest BCUT2D eigenvalue weighted by Crippen LogP contribution is 2.35. The fourth-order valence-corrected chi connectivity index (χ4v) is 4.20. The van der Waals surface area contributed by atoms with Crippen LogP contribution in [0.15, 0.2) is 17.0 Å². The van der Waals surface area contributed by atoms with E-state index >= 15 is 0 Å². The molecule has 7 heteroatoms. The summed E-state index contributed by atoms with van der Waals surface area (Å²) in [5, 5.41) is 0. The number of nitrogens with one attached hydrogen (secondary N) is 1. The van der Waals surface area contributed by atoms with E-state index in [9.17, 15) is 17.2 Å². The average Bonchev–Trinajstić information content (AvgIpc) is 2.33. The molecule has 1 saturated carbocycles. The second-order valence-corrected chi connectivity index (χ2v) is 8.03. The number of hydrogen-bond acceptors (Lipinski definition) is 3. The molecule has 1 fully saturated rings. The number of anilines is 1. The van der Waals surface area contributed by atoms with Gasteiger partial charge in [-0.15, -0.1) is 0 Å². The third-order valence-electron chi connectivity index (χ3n) is 3.91. The van der Waals surface area contributed by atoms with Crippen molar-refractivity contribution in [1.29, 1.82) is 0 Å². The summed E-state index contributed by atoms with van der Waals surface area (Å²) >= 11 is 0. The highest BCUT2D eigenvalue weighted by atomic mass is 32.2. The summed E-state index contributed by atoms with van der Waals surface area (Å²) in [5.74, 6) is -2.21. The third kappa shape index (κ3) is 3.52. The van der Waals surface area contributed by atoms with E-state index in [1.54, 1.807) is 0 Å². The Morgan fingerprint density at radius 1 is 1.33 bits per heavy atom. The fourth-order valence-electron chi connectivity index (χ4n) is 2.84. The van der Waals surface area contributed by atoms with Gasteiger partial charge in [0.15, 0.2) is 5.82 Å². The molecule has 0 radical (unpaired) electrons. The smallest absolute Gasteiger partial charge is 0.243 e. The number of benzene rings is 1. The molecule has 2 rings (SSSR count). The monoisotopic (exact) mass is 318 g/mol. The zero-order valence-corrected chi connectivity index (χ0v) is 12.9. The van der Waals surface area contributed by atoms with Crippen LogP contribution in [0.5, 0.6) is 0 Å². The highest BCUT2D eigenvalue weighted by molar-refractivity contribution is 7.89. The van der Waals surface area contributed by atoms with E-state index in [0.29, 0.717) is 12.8 Å². The predicted octanol–water partition coefficient (Wildman–Crippen LogP) is 2.79. The SMILES string of the molecule is CC1(C)CCCC(NS(=O)(=O)c2ccc(F)c(N)c2F)C1. The molecule has 0 saturated heterocycles. The number of rotatable bonds is 3. The molecule has 0 heterocycles. The molecule has 1 atom stereocenters. The largest absolute Gasteiger partial charge is 0.394 e. The first-order valence-corrected chi connectivity index (χ1v) is 8.36. The summed E-state index contributed by atoms with van der Waals surface area (Å²) < 4.78 is 54.1. The van der Waals surface area contributed by atoms with E-state index in [4.69, 9.17) is 5.73 Å². The Hall–Kier alpha value is -1.21. The molecule has 21 heavy (non-hydrogen) atoms. The van der Waals surface area contributed by atoms with Crippen molar-refractivity contribution in [2.24, 2.45) is 5.41 Å². The lowest BCUT2D eigenvalue weighted by Gasteiger charge is -2.35. The van der Waals surface area contributed by atoms with Crippen molar-refractivity contribution in [3.8, 4) is 0 Å². The zero-order valence-electron chi connectivity index (χ0n) is 12.1. The zero-order chi connectivity index (χ0) is 15.8. The molecule has 1 aliphatic carbocycles. The van der Waals surface area contributed by atoms with Gasteiger partial charge in [0.05, 0.1) is 0 Å². The lowest BCUT2D eigenvalue weighted by molar-refractivity contribution is 0.212. The Morgan fingerprint density at radius 3 is 2.62 bits per heavy atom. The summed E-state index contributed by atoms with van der Waals surface area (Å²) in [4.78, 5) is -0.607. The van der Waals surface area contributed by atoms with Gasteiger partial charge in [-0.3, -0.25) is 0 Å². The van der Waals surface area contributed by atoms with Crippen molar-refractivity contribution in [1.82, 2.24) is 4.72 Å². The van der Waals surface area contributed by atoms with E-state index in [1.165, 1.54) is 0 Å². The predicted molar refractivity (Wildman–Crippen MR) is 77.1 cm³/mol. The number of nitrogen functional groups attached to an aromatic ring is 1. The number of nitrogens with two attached hydrogens (primary N) is 1. The molecule has 0 spiro atoms. The molecule has 0 aromatic heterocycles. The van der Waals surface area contributed by atoms with Crippen molar-refractivity contribution in [2.45, 2.75) is 50.5 Å². The summed E-state index contributed by atoms with van der Waals surface area (Å²) in [6.07, 6.45) is 3.34. The number of sulfonamides is 1. The van der Waals surface area contributed by atoms with Crippen LogP contribution in [-0.2, 0) is 10.0 Å². The number of hydrogen-bond donors (Lipinski definition) is 2. The molecule has 118 valence electrons. The Balaban J connectivity index is 2.25. The van der Waals surface area contributed by atoms with E-state index in [2.05, 4.69) is 18.6 Å². The number of halogens is 2. The Kier molecular flexibility index (Phi) is 4.26. The van der Waals surface area contributed by atoms with Crippen molar-refractivity contribution in [3.63, 3.8) is 0 Å². The molecule has 3 N–H and O–H groups in total. The molecule has 1 aromatic rings. The first kappa shape index (κ1) is 16.2. The Bertz CT molecular complexity index is 645. The molecular formula is C14H20F2N2O2S. The minimum Gasteiger partial charge on any atom is -0.394 e. The molecule has 0 aliphatic heterocycles. The highest BCUT2D eigenvalue weighted by Gasteiger charge is 2.32. The average molecular weight is 318 g/mol. The normalized spacial score (nSPS) is 22.2. The van der Waals surface area contributed by atoms with Gasteiger partial charge in [-0.25, -0.2) is 21.9 Å². The van der Waals surface area contributed by atoms with Crippen LogP contribution in [0.1, 0.15) is 39.5 Å². The van der Waals surface area contributed by atoms with Crippen LogP contribution in [0.4, 0.5) is 14.5 Å². The van der Waals surface area contributed by atoms with Gasteiger partial charge in [0, 0.05) is 6.04 Å².